The summed E-state index contributed by atoms with van der Waals surface area (Å²) in [6.45, 7) is 8.02. The van der Waals surface area contributed by atoms with Gasteiger partial charge in [0, 0.05) is 0 Å². The van der Waals surface area contributed by atoms with Gasteiger partial charge in [0.15, 0.2) is 0 Å². The van der Waals surface area contributed by atoms with Gasteiger partial charge in [-0.1, -0.05) is 40.0 Å². The molecule has 1 aliphatic heterocycles. The SMILES string of the molecule is CCC(CC)COC(=O)C1CC(CC)CCN1. The van der Waals surface area contributed by atoms with Crippen molar-refractivity contribution in [2.45, 2.75) is 58.9 Å². The Hall–Kier alpha value is -0.570. The molecule has 0 aliphatic carbocycles. The number of carbonyl (C=O) groups excluding carboxylic acids is 1. The molecule has 1 fully saturated rings. The minimum atomic E-state index is -0.0666. The Kier molecular flexibility index (Phi) is 6.56. The minimum Gasteiger partial charge on any atom is -0.464 e. The number of carbonyl (C=O) groups is 1. The van der Waals surface area contributed by atoms with Gasteiger partial charge >= 0.3 is 5.97 Å². The first-order chi connectivity index (χ1) is 8.21. The molecule has 2 atom stereocenters. The van der Waals surface area contributed by atoms with Crippen LogP contribution in [0.3, 0.4) is 0 Å². The van der Waals surface area contributed by atoms with E-state index in [4.69, 9.17) is 4.74 Å². The summed E-state index contributed by atoms with van der Waals surface area (Å²) in [5.74, 6) is 1.15. The second-order valence-electron chi connectivity index (χ2n) is 5.12. The third-order valence-electron chi connectivity index (χ3n) is 3.99. The molecule has 1 saturated heterocycles. The maximum Gasteiger partial charge on any atom is 0.323 e. The lowest BCUT2D eigenvalue weighted by Gasteiger charge is -2.28. The van der Waals surface area contributed by atoms with Crippen LogP contribution in [0.15, 0.2) is 0 Å². The number of rotatable bonds is 6. The number of ether oxygens (including phenoxy) is 1. The molecule has 3 nitrogen and oxygen atoms in total. The van der Waals surface area contributed by atoms with Crippen LogP contribution in [0.2, 0.25) is 0 Å². The molecule has 0 radical (unpaired) electrons. The summed E-state index contributed by atoms with van der Waals surface area (Å²) in [4.78, 5) is 11.9. The third-order valence-corrected chi connectivity index (χ3v) is 3.99. The van der Waals surface area contributed by atoms with Crippen LogP contribution in [0.5, 0.6) is 0 Å². The van der Waals surface area contributed by atoms with Gasteiger partial charge in [-0.2, -0.15) is 0 Å². The van der Waals surface area contributed by atoms with Crippen LogP contribution in [0.1, 0.15) is 52.9 Å². The summed E-state index contributed by atoms with van der Waals surface area (Å²) in [5.41, 5.74) is 0. The molecule has 0 aromatic rings. The molecular weight excluding hydrogens is 214 g/mol. The predicted octanol–water partition coefficient (Wildman–Crippen LogP) is 2.74. The fraction of sp³-hybridized carbons (Fsp3) is 0.929. The fourth-order valence-corrected chi connectivity index (χ4v) is 2.37. The van der Waals surface area contributed by atoms with Crippen molar-refractivity contribution in [2.75, 3.05) is 13.2 Å². The molecule has 17 heavy (non-hydrogen) atoms. The third kappa shape index (κ3) is 4.66. The first kappa shape index (κ1) is 14.5. The van der Waals surface area contributed by atoms with Gasteiger partial charge in [0.25, 0.3) is 0 Å². The zero-order valence-corrected chi connectivity index (χ0v) is 11.5. The van der Waals surface area contributed by atoms with Gasteiger partial charge in [0.05, 0.1) is 6.61 Å². The highest BCUT2D eigenvalue weighted by atomic mass is 16.5. The standard InChI is InChI=1S/C14H27NO2/c1-4-11(5-2)10-17-14(16)13-9-12(6-3)7-8-15-13/h11-13,15H,4-10H2,1-3H3. The topological polar surface area (TPSA) is 38.3 Å². The lowest BCUT2D eigenvalue weighted by molar-refractivity contribution is -0.148. The quantitative estimate of drug-likeness (QED) is 0.727. The molecule has 0 bridgehead atoms. The number of esters is 1. The summed E-state index contributed by atoms with van der Waals surface area (Å²) in [6.07, 6.45) is 5.46. The zero-order valence-electron chi connectivity index (χ0n) is 11.5. The van der Waals surface area contributed by atoms with E-state index in [-0.39, 0.29) is 12.0 Å². The second-order valence-corrected chi connectivity index (χ2v) is 5.12. The van der Waals surface area contributed by atoms with Crippen molar-refractivity contribution in [1.29, 1.82) is 0 Å². The highest BCUT2D eigenvalue weighted by Gasteiger charge is 2.27. The largest absolute Gasteiger partial charge is 0.464 e. The van der Waals surface area contributed by atoms with Crippen LogP contribution in [-0.2, 0) is 9.53 Å². The zero-order chi connectivity index (χ0) is 12.7. The highest BCUT2D eigenvalue weighted by Crippen LogP contribution is 2.20. The van der Waals surface area contributed by atoms with Crippen LogP contribution in [0.4, 0.5) is 0 Å². The molecular formula is C14H27NO2. The van der Waals surface area contributed by atoms with E-state index < -0.39 is 0 Å². The lowest BCUT2D eigenvalue weighted by Crippen LogP contribution is -2.44. The van der Waals surface area contributed by atoms with Crippen molar-refractivity contribution >= 4 is 5.97 Å². The minimum absolute atomic E-state index is 0.0462. The Morgan fingerprint density at radius 3 is 2.65 bits per heavy atom. The Bertz CT molecular complexity index is 226. The predicted molar refractivity (Wildman–Crippen MR) is 69.8 cm³/mol. The van der Waals surface area contributed by atoms with E-state index >= 15 is 0 Å². The normalized spacial score (nSPS) is 24.9. The molecule has 0 aromatic carbocycles. The van der Waals surface area contributed by atoms with E-state index in [2.05, 4.69) is 26.1 Å². The Morgan fingerprint density at radius 2 is 2.06 bits per heavy atom. The first-order valence-corrected chi connectivity index (χ1v) is 7.11. The fourth-order valence-electron chi connectivity index (χ4n) is 2.37. The molecule has 3 heteroatoms. The average molecular weight is 241 g/mol. The van der Waals surface area contributed by atoms with E-state index in [1.54, 1.807) is 0 Å². The molecule has 0 saturated carbocycles. The summed E-state index contributed by atoms with van der Waals surface area (Å²) in [7, 11) is 0. The van der Waals surface area contributed by atoms with Crippen molar-refractivity contribution in [1.82, 2.24) is 5.32 Å². The van der Waals surface area contributed by atoms with Gasteiger partial charge < -0.3 is 10.1 Å². The molecule has 1 N–H and O–H groups in total. The maximum atomic E-state index is 11.9. The maximum absolute atomic E-state index is 11.9. The van der Waals surface area contributed by atoms with Gasteiger partial charge in [0.1, 0.15) is 6.04 Å². The Labute approximate surface area is 105 Å². The van der Waals surface area contributed by atoms with E-state index in [1.165, 1.54) is 6.42 Å². The second kappa shape index (κ2) is 7.70. The average Bonchev–Trinajstić information content (AvgIpc) is 2.39. The van der Waals surface area contributed by atoms with Gasteiger partial charge in [0.2, 0.25) is 0 Å². The van der Waals surface area contributed by atoms with Crippen LogP contribution in [0, 0.1) is 11.8 Å². The van der Waals surface area contributed by atoms with E-state index in [1.807, 2.05) is 0 Å². The van der Waals surface area contributed by atoms with Crippen LogP contribution in [-0.4, -0.2) is 25.2 Å². The van der Waals surface area contributed by atoms with Gasteiger partial charge in [-0.05, 0) is 31.2 Å². The molecule has 0 spiro atoms. The number of nitrogens with one attached hydrogen (secondary N) is 1. The summed E-state index contributed by atoms with van der Waals surface area (Å²) in [6, 6.07) is -0.0666. The molecule has 2 unspecified atom stereocenters. The van der Waals surface area contributed by atoms with Crippen molar-refractivity contribution in [3.63, 3.8) is 0 Å². The van der Waals surface area contributed by atoms with Crippen molar-refractivity contribution in [2.24, 2.45) is 11.8 Å². The number of piperidine rings is 1. The van der Waals surface area contributed by atoms with Crippen LogP contribution < -0.4 is 5.32 Å². The lowest BCUT2D eigenvalue weighted by atomic mass is 9.90. The monoisotopic (exact) mass is 241 g/mol. The molecule has 0 amide bonds. The van der Waals surface area contributed by atoms with Crippen LogP contribution >= 0.6 is 0 Å². The number of hydrogen-bond acceptors (Lipinski definition) is 3. The summed E-state index contributed by atoms with van der Waals surface area (Å²) >= 11 is 0. The van der Waals surface area contributed by atoms with Gasteiger partial charge in [-0.15, -0.1) is 0 Å². The Morgan fingerprint density at radius 1 is 1.35 bits per heavy atom. The molecule has 100 valence electrons. The Balaban J connectivity index is 2.31. The van der Waals surface area contributed by atoms with Gasteiger partial charge in [-0.3, -0.25) is 4.79 Å². The summed E-state index contributed by atoms with van der Waals surface area (Å²) < 4.78 is 5.42. The van der Waals surface area contributed by atoms with Gasteiger partial charge in [-0.25, -0.2) is 0 Å². The smallest absolute Gasteiger partial charge is 0.323 e. The van der Waals surface area contributed by atoms with E-state index in [0.29, 0.717) is 18.4 Å². The highest BCUT2D eigenvalue weighted by molar-refractivity contribution is 5.75. The number of hydrogen-bond donors (Lipinski definition) is 1. The summed E-state index contributed by atoms with van der Waals surface area (Å²) in [5, 5.41) is 3.27. The van der Waals surface area contributed by atoms with E-state index in [9.17, 15) is 4.79 Å². The van der Waals surface area contributed by atoms with Crippen molar-refractivity contribution < 1.29 is 9.53 Å². The van der Waals surface area contributed by atoms with Crippen molar-refractivity contribution in [3.8, 4) is 0 Å². The molecule has 0 aromatic heterocycles. The molecule has 1 heterocycles. The first-order valence-electron chi connectivity index (χ1n) is 7.11. The van der Waals surface area contributed by atoms with Crippen LogP contribution in [0.25, 0.3) is 0 Å². The van der Waals surface area contributed by atoms with Crippen molar-refractivity contribution in [3.05, 3.63) is 0 Å². The molecule has 1 rings (SSSR count). The molecule has 1 aliphatic rings. The van der Waals surface area contributed by atoms with E-state index in [0.717, 1.165) is 32.2 Å².